The number of rotatable bonds is 4. The average Bonchev–Trinajstić information content (AvgIpc) is 2.09. The van der Waals surface area contributed by atoms with E-state index in [1.807, 2.05) is 6.92 Å². The predicted molar refractivity (Wildman–Crippen MR) is 50.1 cm³/mol. The maximum absolute atomic E-state index is 9.01. The van der Waals surface area contributed by atoms with Crippen molar-refractivity contribution in [3.63, 3.8) is 0 Å². The molecule has 1 atom stereocenters. The quantitative estimate of drug-likeness (QED) is 0.771. The lowest BCUT2D eigenvalue weighted by atomic mass is 10.3. The summed E-state index contributed by atoms with van der Waals surface area (Å²) in [6, 6.07) is 6.63. The third-order valence-electron chi connectivity index (χ3n) is 1.58. The van der Waals surface area contributed by atoms with E-state index in [4.69, 9.17) is 14.6 Å². The second-order valence-electron chi connectivity index (χ2n) is 2.88. The summed E-state index contributed by atoms with van der Waals surface area (Å²) in [6.45, 7) is 2.48. The molecule has 0 aliphatic heterocycles. The second kappa shape index (κ2) is 4.72. The molecule has 0 heterocycles. The van der Waals surface area contributed by atoms with Crippen molar-refractivity contribution in [2.45, 2.75) is 13.0 Å². The first kappa shape index (κ1) is 9.86. The van der Waals surface area contributed by atoms with E-state index < -0.39 is 0 Å². The molecule has 0 saturated carbocycles. The van der Waals surface area contributed by atoms with Crippen LogP contribution in [0.4, 0.5) is 0 Å². The van der Waals surface area contributed by atoms with Crippen LogP contribution in [-0.2, 0) is 4.74 Å². The van der Waals surface area contributed by atoms with Crippen molar-refractivity contribution in [3.8, 4) is 11.5 Å². The highest BCUT2D eigenvalue weighted by atomic mass is 16.5. The second-order valence-corrected chi connectivity index (χ2v) is 2.88. The van der Waals surface area contributed by atoms with Crippen molar-refractivity contribution in [2.75, 3.05) is 13.7 Å². The molecule has 0 radical (unpaired) electrons. The van der Waals surface area contributed by atoms with Crippen molar-refractivity contribution < 1.29 is 14.6 Å². The molecule has 0 spiro atoms. The van der Waals surface area contributed by atoms with Crippen LogP contribution >= 0.6 is 0 Å². The van der Waals surface area contributed by atoms with Gasteiger partial charge in [-0.3, -0.25) is 0 Å². The molecule has 0 amide bonds. The predicted octanol–water partition coefficient (Wildman–Crippen LogP) is 1.81. The van der Waals surface area contributed by atoms with Crippen molar-refractivity contribution >= 4 is 0 Å². The van der Waals surface area contributed by atoms with E-state index in [9.17, 15) is 0 Å². The van der Waals surface area contributed by atoms with Gasteiger partial charge < -0.3 is 14.6 Å². The van der Waals surface area contributed by atoms with Gasteiger partial charge in [0.1, 0.15) is 17.6 Å². The van der Waals surface area contributed by atoms with Gasteiger partial charge in [0.25, 0.3) is 0 Å². The number of hydrogen-bond donors (Lipinski definition) is 1. The third kappa shape index (κ3) is 3.34. The molecule has 0 bridgehead atoms. The summed E-state index contributed by atoms with van der Waals surface area (Å²) in [5.74, 6) is 0.981. The zero-order chi connectivity index (χ0) is 9.68. The monoisotopic (exact) mass is 182 g/mol. The first-order valence-corrected chi connectivity index (χ1v) is 4.17. The molecule has 1 aromatic carbocycles. The fraction of sp³-hybridized carbons (Fsp3) is 0.400. The number of ether oxygens (including phenoxy) is 2. The lowest BCUT2D eigenvalue weighted by Gasteiger charge is -2.13. The van der Waals surface area contributed by atoms with Crippen molar-refractivity contribution in [3.05, 3.63) is 24.3 Å². The van der Waals surface area contributed by atoms with Gasteiger partial charge in [0, 0.05) is 7.11 Å². The number of phenols is 1. The molecule has 0 aromatic heterocycles. The molecule has 13 heavy (non-hydrogen) atoms. The van der Waals surface area contributed by atoms with Gasteiger partial charge >= 0.3 is 0 Å². The van der Waals surface area contributed by atoms with Crippen LogP contribution in [-0.4, -0.2) is 24.9 Å². The SMILES string of the molecule is COCC(C)Oc1ccc(O)cc1. The molecule has 1 unspecified atom stereocenters. The van der Waals surface area contributed by atoms with Gasteiger partial charge in [-0.2, -0.15) is 0 Å². The Hall–Kier alpha value is -1.22. The molecule has 1 rings (SSSR count). The Balaban J connectivity index is 2.49. The molecule has 1 N–H and O–H groups in total. The minimum absolute atomic E-state index is 0.0227. The summed E-state index contributed by atoms with van der Waals surface area (Å²) in [5, 5.41) is 9.01. The Morgan fingerprint density at radius 3 is 2.46 bits per heavy atom. The van der Waals surface area contributed by atoms with Crippen LogP contribution in [0.25, 0.3) is 0 Å². The Morgan fingerprint density at radius 2 is 1.92 bits per heavy atom. The van der Waals surface area contributed by atoms with Crippen LogP contribution < -0.4 is 4.74 Å². The van der Waals surface area contributed by atoms with Crippen LogP contribution in [0.15, 0.2) is 24.3 Å². The first-order chi connectivity index (χ1) is 6.22. The highest BCUT2D eigenvalue weighted by Gasteiger charge is 2.02. The van der Waals surface area contributed by atoms with Gasteiger partial charge in [-0.1, -0.05) is 0 Å². The van der Waals surface area contributed by atoms with E-state index in [-0.39, 0.29) is 11.9 Å². The summed E-state index contributed by atoms with van der Waals surface area (Å²) in [5.41, 5.74) is 0. The molecule has 3 heteroatoms. The summed E-state index contributed by atoms with van der Waals surface area (Å²) in [7, 11) is 1.64. The largest absolute Gasteiger partial charge is 0.508 e. The van der Waals surface area contributed by atoms with Crippen LogP contribution in [0.3, 0.4) is 0 Å². The lowest BCUT2D eigenvalue weighted by molar-refractivity contribution is 0.0920. The van der Waals surface area contributed by atoms with E-state index in [0.29, 0.717) is 6.61 Å². The van der Waals surface area contributed by atoms with E-state index in [1.54, 1.807) is 31.4 Å². The number of hydrogen-bond acceptors (Lipinski definition) is 3. The van der Waals surface area contributed by atoms with Crippen LogP contribution in [0.1, 0.15) is 6.92 Å². The molecule has 0 aliphatic rings. The summed E-state index contributed by atoms with van der Waals surface area (Å²) in [4.78, 5) is 0. The molecule has 3 nitrogen and oxygen atoms in total. The smallest absolute Gasteiger partial charge is 0.120 e. The van der Waals surface area contributed by atoms with Crippen LogP contribution in [0, 0.1) is 0 Å². The van der Waals surface area contributed by atoms with Crippen LogP contribution in [0.5, 0.6) is 11.5 Å². The van der Waals surface area contributed by atoms with Crippen molar-refractivity contribution in [2.24, 2.45) is 0 Å². The Morgan fingerprint density at radius 1 is 1.31 bits per heavy atom. The maximum Gasteiger partial charge on any atom is 0.120 e. The van der Waals surface area contributed by atoms with E-state index in [0.717, 1.165) is 5.75 Å². The van der Waals surface area contributed by atoms with Crippen LogP contribution in [0.2, 0.25) is 0 Å². The number of methoxy groups -OCH3 is 1. The molecule has 0 fully saturated rings. The maximum atomic E-state index is 9.01. The summed E-state index contributed by atoms with van der Waals surface area (Å²) in [6.07, 6.45) is 0.0227. The topological polar surface area (TPSA) is 38.7 Å². The Bertz CT molecular complexity index is 243. The molecule has 72 valence electrons. The third-order valence-corrected chi connectivity index (χ3v) is 1.58. The van der Waals surface area contributed by atoms with Gasteiger partial charge in [0.05, 0.1) is 6.61 Å². The summed E-state index contributed by atoms with van der Waals surface area (Å²) < 4.78 is 10.4. The normalized spacial score (nSPS) is 12.5. The Labute approximate surface area is 77.9 Å². The molecule has 0 saturated heterocycles. The number of benzene rings is 1. The summed E-state index contributed by atoms with van der Waals surface area (Å²) >= 11 is 0. The highest BCUT2D eigenvalue weighted by molar-refractivity contribution is 5.30. The van der Waals surface area contributed by atoms with Gasteiger partial charge in [0.2, 0.25) is 0 Å². The minimum atomic E-state index is 0.0227. The van der Waals surface area contributed by atoms with Gasteiger partial charge in [-0.05, 0) is 31.2 Å². The lowest BCUT2D eigenvalue weighted by Crippen LogP contribution is -2.17. The average molecular weight is 182 g/mol. The molecular weight excluding hydrogens is 168 g/mol. The Kier molecular flexibility index (Phi) is 3.58. The zero-order valence-electron chi connectivity index (χ0n) is 7.86. The molecule has 1 aromatic rings. The molecular formula is C10H14O3. The molecule has 0 aliphatic carbocycles. The highest BCUT2D eigenvalue weighted by Crippen LogP contribution is 2.16. The minimum Gasteiger partial charge on any atom is -0.508 e. The fourth-order valence-electron chi connectivity index (χ4n) is 1.03. The standard InChI is InChI=1S/C10H14O3/c1-8(7-12-2)13-10-5-3-9(11)4-6-10/h3-6,8,11H,7H2,1-2H3. The van der Waals surface area contributed by atoms with E-state index in [2.05, 4.69) is 0 Å². The van der Waals surface area contributed by atoms with Gasteiger partial charge in [0.15, 0.2) is 0 Å². The zero-order valence-corrected chi connectivity index (χ0v) is 7.86. The fourth-order valence-corrected chi connectivity index (χ4v) is 1.03. The van der Waals surface area contributed by atoms with E-state index in [1.165, 1.54) is 0 Å². The number of phenolic OH excluding ortho intramolecular Hbond substituents is 1. The van der Waals surface area contributed by atoms with E-state index >= 15 is 0 Å². The number of aromatic hydroxyl groups is 1. The van der Waals surface area contributed by atoms with Gasteiger partial charge in [-0.25, -0.2) is 0 Å². The first-order valence-electron chi connectivity index (χ1n) is 4.17. The van der Waals surface area contributed by atoms with Crippen molar-refractivity contribution in [1.29, 1.82) is 0 Å². The van der Waals surface area contributed by atoms with Crippen molar-refractivity contribution in [1.82, 2.24) is 0 Å². The van der Waals surface area contributed by atoms with Gasteiger partial charge in [-0.15, -0.1) is 0 Å².